The molecule has 108 valence electrons. The molecule has 1 aromatic heterocycles. The van der Waals surface area contributed by atoms with Crippen molar-refractivity contribution in [1.29, 1.82) is 0 Å². The van der Waals surface area contributed by atoms with E-state index in [2.05, 4.69) is 11.7 Å². The number of piperidine rings is 1. The molecule has 1 fully saturated rings. The molecule has 1 saturated heterocycles. The van der Waals surface area contributed by atoms with Crippen LogP contribution in [-0.2, 0) is 4.74 Å². The molecule has 0 aromatic carbocycles. The Labute approximate surface area is 116 Å². The summed E-state index contributed by atoms with van der Waals surface area (Å²) in [5, 5.41) is 12.9. The second-order valence-corrected chi connectivity index (χ2v) is 4.57. The van der Waals surface area contributed by atoms with Gasteiger partial charge in [-0.3, -0.25) is 4.68 Å². The number of carboxylic acids is 1. The predicted octanol–water partition coefficient (Wildman–Crippen LogP) is 1.54. The predicted molar refractivity (Wildman–Crippen MR) is 70.6 cm³/mol. The van der Waals surface area contributed by atoms with Gasteiger partial charge in [0.1, 0.15) is 6.61 Å². The van der Waals surface area contributed by atoms with Crippen LogP contribution in [0.25, 0.3) is 0 Å². The topological polar surface area (TPSA) is 84.7 Å². The van der Waals surface area contributed by atoms with Crippen LogP contribution in [0.4, 0.5) is 4.79 Å². The number of carbonyl (C=O) groups excluding carboxylic acids is 1. The van der Waals surface area contributed by atoms with Crippen LogP contribution in [0.3, 0.4) is 0 Å². The highest BCUT2D eigenvalue weighted by atomic mass is 16.6. The van der Waals surface area contributed by atoms with E-state index in [1.54, 1.807) is 15.8 Å². The lowest BCUT2D eigenvalue weighted by Crippen LogP contribution is -2.39. The number of carboxylic acid groups (broad SMARTS) is 1. The van der Waals surface area contributed by atoms with E-state index in [0.717, 1.165) is 12.8 Å². The molecule has 1 N–H and O–H groups in total. The number of likely N-dealkylation sites (tertiary alicyclic amines) is 1. The summed E-state index contributed by atoms with van der Waals surface area (Å²) >= 11 is 0. The maximum absolute atomic E-state index is 11.6. The molecule has 1 amide bonds. The molecule has 7 heteroatoms. The van der Waals surface area contributed by atoms with Gasteiger partial charge in [-0.2, -0.15) is 5.10 Å². The van der Waals surface area contributed by atoms with Crippen molar-refractivity contribution in [1.82, 2.24) is 14.7 Å². The Morgan fingerprint density at radius 1 is 1.50 bits per heavy atom. The number of hydrogen-bond donors (Lipinski definition) is 1. The van der Waals surface area contributed by atoms with Gasteiger partial charge >= 0.3 is 12.1 Å². The van der Waals surface area contributed by atoms with Gasteiger partial charge in [0.2, 0.25) is 0 Å². The third kappa shape index (κ3) is 3.17. The first-order valence-electron chi connectivity index (χ1n) is 6.43. The number of nitrogens with zero attached hydrogens (tertiary/aromatic N) is 3. The van der Waals surface area contributed by atoms with Gasteiger partial charge in [0, 0.05) is 19.3 Å². The summed E-state index contributed by atoms with van der Waals surface area (Å²) in [6.07, 6.45) is 4.31. The van der Waals surface area contributed by atoms with Crippen molar-refractivity contribution in [3.63, 3.8) is 0 Å². The third-order valence-electron chi connectivity index (χ3n) is 3.25. The first-order valence-corrected chi connectivity index (χ1v) is 6.43. The van der Waals surface area contributed by atoms with Gasteiger partial charge in [-0.05, 0) is 18.9 Å². The van der Waals surface area contributed by atoms with E-state index in [9.17, 15) is 9.59 Å². The fourth-order valence-corrected chi connectivity index (χ4v) is 2.19. The molecular formula is C13H17N3O4. The molecule has 1 aliphatic heterocycles. The van der Waals surface area contributed by atoms with Crippen molar-refractivity contribution in [2.75, 3.05) is 19.7 Å². The van der Waals surface area contributed by atoms with Crippen LogP contribution >= 0.6 is 0 Å². The van der Waals surface area contributed by atoms with E-state index in [4.69, 9.17) is 9.84 Å². The van der Waals surface area contributed by atoms with E-state index in [0.29, 0.717) is 13.1 Å². The molecule has 0 aliphatic carbocycles. The van der Waals surface area contributed by atoms with Crippen molar-refractivity contribution < 1.29 is 19.4 Å². The maximum Gasteiger partial charge on any atom is 0.410 e. The van der Waals surface area contributed by atoms with Crippen LogP contribution in [0.1, 0.15) is 29.4 Å². The monoisotopic (exact) mass is 279 g/mol. The summed E-state index contributed by atoms with van der Waals surface area (Å²) in [6, 6.07) is 1.60. The number of carbonyl (C=O) groups is 2. The zero-order chi connectivity index (χ0) is 14.5. The van der Waals surface area contributed by atoms with Crippen LogP contribution in [-0.4, -0.2) is 51.5 Å². The van der Waals surface area contributed by atoms with Crippen molar-refractivity contribution in [2.45, 2.75) is 18.9 Å². The van der Waals surface area contributed by atoms with Gasteiger partial charge in [-0.1, -0.05) is 12.7 Å². The minimum absolute atomic E-state index is 0.0397. The fraction of sp³-hybridized carbons (Fsp3) is 0.462. The molecule has 0 bridgehead atoms. The highest BCUT2D eigenvalue weighted by Crippen LogP contribution is 2.22. The van der Waals surface area contributed by atoms with Gasteiger partial charge in [0.15, 0.2) is 5.69 Å². The first kappa shape index (κ1) is 14.1. The average Bonchev–Trinajstić information content (AvgIpc) is 2.95. The molecule has 2 heterocycles. The zero-order valence-corrected chi connectivity index (χ0v) is 11.1. The van der Waals surface area contributed by atoms with Crippen LogP contribution in [0.5, 0.6) is 0 Å². The highest BCUT2D eigenvalue weighted by Gasteiger charge is 2.25. The Bertz CT molecular complexity index is 503. The van der Waals surface area contributed by atoms with Crippen LogP contribution in [0.15, 0.2) is 24.9 Å². The van der Waals surface area contributed by atoms with E-state index < -0.39 is 5.97 Å². The van der Waals surface area contributed by atoms with Crippen LogP contribution in [0, 0.1) is 0 Å². The van der Waals surface area contributed by atoms with Gasteiger partial charge in [0.25, 0.3) is 0 Å². The van der Waals surface area contributed by atoms with Gasteiger partial charge < -0.3 is 14.7 Å². The van der Waals surface area contributed by atoms with Gasteiger partial charge in [-0.15, -0.1) is 0 Å². The molecule has 1 aromatic rings. The van der Waals surface area contributed by atoms with Gasteiger partial charge in [-0.25, -0.2) is 9.59 Å². The number of rotatable bonds is 4. The smallest absolute Gasteiger partial charge is 0.410 e. The lowest BCUT2D eigenvalue weighted by atomic mass is 10.1. The summed E-state index contributed by atoms with van der Waals surface area (Å²) < 4.78 is 6.64. The number of ether oxygens (including phenoxy) is 1. The molecule has 0 spiro atoms. The molecule has 2 rings (SSSR count). The molecule has 0 radical (unpaired) electrons. The van der Waals surface area contributed by atoms with Crippen molar-refractivity contribution in [2.24, 2.45) is 0 Å². The van der Waals surface area contributed by atoms with Gasteiger partial charge in [0.05, 0.1) is 6.04 Å². The van der Waals surface area contributed by atoms with Crippen molar-refractivity contribution in [3.8, 4) is 0 Å². The molecule has 0 unspecified atom stereocenters. The summed E-state index contributed by atoms with van der Waals surface area (Å²) in [6.45, 7) is 4.84. The van der Waals surface area contributed by atoms with E-state index in [1.165, 1.54) is 12.1 Å². The van der Waals surface area contributed by atoms with Crippen molar-refractivity contribution >= 4 is 12.1 Å². The quantitative estimate of drug-likeness (QED) is 0.845. The summed E-state index contributed by atoms with van der Waals surface area (Å²) in [7, 11) is 0. The lowest BCUT2D eigenvalue weighted by Gasteiger charge is -2.31. The molecule has 0 atom stereocenters. The molecule has 20 heavy (non-hydrogen) atoms. The van der Waals surface area contributed by atoms with Crippen molar-refractivity contribution in [3.05, 3.63) is 30.6 Å². The van der Waals surface area contributed by atoms with Crippen LogP contribution < -0.4 is 0 Å². The normalized spacial score (nSPS) is 15.9. The highest BCUT2D eigenvalue weighted by molar-refractivity contribution is 5.85. The van der Waals surface area contributed by atoms with E-state index in [1.807, 2.05) is 0 Å². The summed E-state index contributed by atoms with van der Waals surface area (Å²) in [5.74, 6) is -1.03. The summed E-state index contributed by atoms with van der Waals surface area (Å²) in [4.78, 5) is 24.1. The minimum atomic E-state index is -1.03. The van der Waals surface area contributed by atoms with E-state index >= 15 is 0 Å². The average molecular weight is 279 g/mol. The zero-order valence-electron chi connectivity index (χ0n) is 11.1. The van der Waals surface area contributed by atoms with Crippen LogP contribution in [0.2, 0.25) is 0 Å². The molecule has 0 saturated carbocycles. The second kappa shape index (κ2) is 6.23. The molecular weight excluding hydrogens is 262 g/mol. The number of aromatic nitrogens is 2. The second-order valence-electron chi connectivity index (χ2n) is 4.57. The van der Waals surface area contributed by atoms with E-state index in [-0.39, 0.29) is 24.4 Å². The lowest BCUT2D eigenvalue weighted by molar-refractivity contribution is 0.0688. The Morgan fingerprint density at radius 3 is 2.75 bits per heavy atom. The maximum atomic E-state index is 11.6. The SMILES string of the molecule is C=CCOC(=O)N1CCC(n2ccc(C(=O)O)n2)CC1. The minimum Gasteiger partial charge on any atom is -0.476 e. The summed E-state index contributed by atoms with van der Waals surface area (Å²) in [5.41, 5.74) is 0.0397. The largest absolute Gasteiger partial charge is 0.476 e. The Balaban J connectivity index is 1.88. The Morgan fingerprint density at radius 2 is 2.20 bits per heavy atom. The third-order valence-corrected chi connectivity index (χ3v) is 3.25. The Kier molecular flexibility index (Phi) is 4.39. The fourth-order valence-electron chi connectivity index (χ4n) is 2.19. The number of aromatic carboxylic acids is 1. The number of amides is 1. The molecule has 7 nitrogen and oxygen atoms in total. The standard InChI is InChI=1S/C13H17N3O4/c1-2-9-20-13(19)15-6-3-10(4-7-15)16-8-5-11(14-16)12(17)18/h2,5,8,10H,1,3-4,6-7,9H2,(H,17,18). The molecule has 1 aliphatic rings. The first-order chi connectivity index (χ1) is 9.61. The number of hydrogen-bond acceptors (Lipinski definition) is 4. The Hall–Kier alpha value is -2.31.